The Bertz CT molecular complexity index is 286. The number of carbonyl (C=O) groups excluding carboxylic acids is 1. The zero-order valence-electron chi connectivity index (χ0n) is 12.4. The molecule has 2 heterocycles. The van der Waals surface area contributed by atoms with Gasteiger partial charge in [-0.2, -0.15) is 0 Å². The van der Waals surface area contributed by atoms with Crippen molar-refractivity contribution in [3.63, 3.8) is 0 Å². The average Bonchev–Trinajstić information content (AvgIpc) is 2.49. The summed E-state index contributed by atoms with van der Waals surface area (Å²) in [5.41, 5.74) is 0. The lowest BCUT2D eigenvalue weighted by Crippen LogP contribution is -2.54. The maximum atomic E-state index is 12.4. The van der Waals surface area contributed by atoms with Crippen LogP contribution in [0.3, 0.4) is 0 Å². The Labute approximate surface area is 128 Å². The fourth-order valence-corrected chi connectivity index (χ4v) is 3.14. The standard InChI is InChI=1S/C14H27N3O2.ClH/c1-2-13(11-18)16-7-9-17(10-8-16)14(19)12-3-5-15-6-4-12;/h12-13,15,18H,2-11H2,1H3;1H. The summed E-state index contributed by atoms with van der Waals surface area (Å²) in [6.45, 7) is 7.70. The lowest BCUT2D eigenvalue weighted by atomic mass is 9.96. The molecule has 2 N–H and O–H groups in total. The molecule has 0 aromatic rings. The van der Waals surface area contributed by atoms with Crippen LogP contribution in [0.5, 0.6) is 0 Å². The summed E-state index contributed by atoms with van der Waals surface area (Å²) in [5, 5.41) is 12.6. The van der Waals surface area contributed by atoms with Crippen molar-refractivity contribution in [2.24, 2.45) is 5.92 Å². The van der Waals surface area contributed by atoms with E-state index in [1.54, 1.807) is 0 Å². The second-order valence-electron chi connectivity index (χ2n) is 5.63. The highest BCUT2D eigenvalue weighted by Gasteiger charge is 2.29. The Morgan fingerprint density at radius 1 is 1.25 bits per heavy atom. The van der Waals surface area contributed by atoms with E-state index in [0.717, 1.165) is 58.5 Å². The molecule has 0 saturated carbocycles. The molecule has 2 fully saturated rings. The largest absolute Gasteiger partial charge is 0.395 e. The van der Waals surface area contributed by atoms with Crippen LogP contribution in [0.4, 0.5) is 0 Å². The van der Waals surface area contributed by atoms with E-state index in [0.29, 0.717) is 5.91 Å². The highest BCUT2D eigenvalue weighted by atomic mass is 35.5. The summed E-state index contributed by atoms with van der Waals surface area (Å²) in [7, 11) is 0. The fourth-order valence-electron chi connectivity index (χ4n) is 3.14. The molecule has 2 rings (SSSR count). The minimum absolute atomic E-state index is 0. The second kappa shape index (κ2) is 8.82. The number of hydrogen-bond acceptors (Lipinski definition) is 4. The number of amides is 1. The predicted molar refractivity (Wildman–Crippen MR) is 82.2 cm³/mol. The molecule has 20 heavy (non-hydrogen) atoms. The normalized spacial score (nSPS) is 23.2. The van der Waals surface area contributed by atoms with Crippen molar-refractivity contribution in [1.29, 1.82) is 0 Å². The first-order valence-electron chi connectivity index (χ1n) is 7.60. The lowest BCUT2D eigenvalue weighted by molar-refractivity contribution is -0.138. The molecule has 118 valence electrons. The van der Waals surface area contributed by atoms with Crippen LogP contribution in [0.25, 0.3) is 0 Å². The Morgan fingerprint density at radius 2 is 1.85 bits per heavy atom. The number of nitrogens with zero attached hydrogens (tertiary/aromatic N) is 2. The molecule has 5 nitrogen and oxygen atoms in total. The van der Waals surface area contributed by atoms with Gasteiger partial charge in [0.15, 0.2) is 0 Å². The summed E-state index contributed by atoms with van der Waals surface area (Å²) in [6, 6.07) is 0.260. The van der Waals surface area contributed by atoms with Gasteiger partial charge in [-0.3, -0.25) is 9.69 Å². The summed E-state index contributed by atoms with van der Waals surface area (Å²) in [4.78, 5) is 16.7. The maximum absolute atomic E-state index is 12.4. The Balaban J connectivity index is 0.00000200. The number of piperazine rings is 1. The van der Waals surface area contributed by atoms with Crippen molar-refractivity contribution in [1.82, 2.24) is 15.1 Å². The van der Waals surface area contributed by atoms with Crippen molar-refractivity contribution >= 4 is 18.3 Å². The van der Waals surface area contributed by atoms with Crippen molar-refractivity contribution in [3.05, 3.63) is 0 Å². The number of aliphatic hydroxyl groups excluding tert-OH is 1. The highest BCUT2D eigenvalue weighted by molar-refractivity contribution is 5.85. The van der Waals surface area contributed by atoms with Crippen LogP contribution in [0.15, 0.2) is 0 Å². The molecule has 1 atom stereocenters. The molecule has 0 aliphatic carbocycles. The van der Waals surface area contributed by atoms with Crippen molar-refractivity contribution in [3.8, 4) is 0 Å². The van der Waals surface area contributed by atoms with E-state index in [1.807, 2.05) is 4.90 Å². The van der Waals surface area contributed by atoms with Crippen LogP contribution in [0, 0.1) is 5.92 Å². The zero-order valence-corrected chi connectivity index (χ0v) is 13.2. The van der Waals surface area contributed by atoms with E-state index in [4.69, 9.17) is 0 Å². The van der Waals surface area contributed by atoms with Gasteiger partial charge in [0.1, 0.15) is 0 Å². The smallest absolute Gasteiger partial charge is 0.225 e. The van der Waals surface area contributed by atoms with E-state index in [9.17, 15) is 9.90 Å². The predicted octanol–water partition coefficient (Wildman–Crippen LogP) is 0.323. The molecule has 0 aromatic heterocycles. The molecule has 2 aliphatic rings. The Hall–Kier alpha value is -0.360. The van der Waals surface area contributed by atoms with Gasteiger partial charge in [-0.25, -0.2) is 0 Å². The monoisotopic (exact) mass is 305 g/mol. The van der Waals surface area contributed by atoms with Gasteiger partial charge in [0, 0.05) is 38.1 Å². The van der Waals surface area contributed by atoms with E-state index in [2.05, 4.69) is 17.1 Å². The highest BCUT2D eigenvalue weighted by Crippen LogP contribution is 2.17. The van der Waals surface area contributed by atoms with Crippen LogP contribution >= 0.6 is 12.4 Å². The quantitative estimate of drug-likeness (QED) is 0.786. The average molecular weight is 306 g/mol. The Kier molecular flexibility index (Phi) is 7.80. The molecule has 2 aliphatic heterocycles. The fraction of sp³-hybridized carbons (Fsp3) is 0.929. The molecular formula is C14H28ClN3O2. The van der Waals surface area contributed by atoms with Crippen molar-refractivity contribution in [2.75, 3.05) is 45.9 Å². The summed E-state index contributed by atoms with van der Waals surface area (Å²) < 4.78 is 0. The molecule has 0 radical (unpaired) electrons. The topological polar surface area (TPSA) is 55.8 Å². The first kappa shape index (κ1) is 17.7. The molecule has 1 unspecified atom stereocenters. The molecule has 1 amide bonds. The number of carbonyl (C=O) groups is 1. The minimum atomic E-state index is 0. The number of piperidine rings is 1. The SMILES string of the molecule is CCC(CO)N1CCN(C(=O)C2CCNCC2)CC1.Cl. The molecule has 2 saturated heterocycles. The van der Waals surface area contributed by atoms with Gasteiger partial charge in [-0.1, -0.05) is 6.92 Å². The molecule has 0 bridgehead atoms. The zero-order chi connectivity index (χ0) is 13.7. The summed E-state index contributed by atoms with van der Waals surface area (Å²) in [6.07, 6.45) is 2.93. The third-order valence-electron chi connectivity index (χ3n) is 4.51. The number of rotatable bonds is 4. The molecular weight excluding hydrogens is 278 g/mol. The van der Waals surface area contributed by atoms with Crippen LogP contribution < -0.4 is 5.32 Å². The van der Waals surface area contributed by atoms with Gasteiger partial charge < -0.3 is 15.3 Å². The number of nitrogens with one attached hydrogen (secondary N) is 1. The molecule has 0 aromatic carbocycles. The van der Waals surface area contributed by atoms with Crippen LogP contribution in [-0.2, 0) is 4.79 Å². The van der Waals surface area contributed by atoms with Crippen LogP contribution in [0.1, 0.15) is 26.2 Å². The van der Waals surface area contributed by atoms with Gasteiger partial charge in [-0.05, 0) is 32.4 Å². The minimum Gasteiger partial charge on any atom is -0.395 e. The van der Waals surface area contributed by atoms with Gasteiger partial charge >= 0.3 is 0 Å². The van der Waals surface area contributed by atoms with Gasteiger partial charge in [-0.15, -0.1) is 12.4 Å². The van der Waals surface area contributed by atoms with Crippen LogP contribution in [0.2, 0.25) is 0 Å². The van der Waals surface area contributed by atoms with Gasteiger partial charge in [0.2, 0.25) is 5.91 Å². The van der Waals surface area contributed by atoms with Crippen molar-refractivity contribution in [2.45, 2.75) is 32.2 Å². The maximum Gasteiger partial charge on any atom is 0.225 e. The number of halogens is 1. The van der Waals surface area contributed by atoms with E-state index >= 15 is 0 Å². The first-order valence-corrected chi connectivity index (χ1v) is 7.60. The number of hydrogen-bond donors (Lipinski definition) is 2. The summed E-state index contributed by atoms with van der Waals surface area (Å²) >= 11 is 0. The van der Waals surface area contributed by atoms with Gasteiger partial charge in [0.05, 0.1) is 6.61 Å². The third kappa shape index (κ3) is 4.32. The molecule has 0 spiro atoms. The molecule has 6 heteroatoms. The number of aliphatic hydroxyl groups is 1. The second-order valence-corrected chi connectivity index (χ2v) is 5.63. The van der Waals surface area contributed by atoms with E-state index in [1.165, 1.54) is 0 Å². The first-order chi connectivity index (χ1) is 9.26. The lowest BCUT2D eigenvalue weighted by Gasteiger charge is -2.40. The summed E-state index contributed by atoms with van der Waals surface area (Å²) in [5.74, 6) is 0.575. The Morgan fingerprint density at radius 3 is 2.35 bits per heavy atom. The van der Waals surface area contributed by atoms with Gasteiger partial charge in [0.25, 0.3) is 0 Å². The van der Waals surface area contributed by atoms with E-state index < -0.39 is 0 Å². The van der Waals surface area contributed by atoms with E-state index in [-0.39, 0.29) is 31.0 Å². The third-order valence-corrected chi connectivity index (χ3v) is 4.51. The van der Waals surface area contributed by atoms with Crippen molar-refractivity contribution < 1.29 is 9.90 Å². The van der Waals surface area contributed by atoms with Crippen LogP contribution in [-0.4, -0.2) is 72.7 Å².